The van der Waals surface area contributed by atoms with E-state index in [0.29, 0.717) is 27.4 Å². The second-order valence-corrected chi connectivity index (χ2v) is 9.48. The van der Waals surface area contributed by atoms with Crippen molar-refractivity contribution < 1.29 is 4.79 Å². The van der Waals surface area contributed by atoms with Gasteiger partial charge in [0.05, 0.1) is 4.88 Å². The number of halogens is 2. The Morgan fingerprint density at radius 2 is 1.84 bits per heavy atom. The van der Waals surface area contributed by atoms with E-state index in [1.54, 1.807) is 29.5 Å². The second kappa shape index (κ2) is 9.87. The molecule has 5 nitrogen and oxygen atoms in total. The van der Waals surface area contributed by atoms with Gasteiger partial charge < -0.3 is 9.88 Å². The van der Waals surface area contributed by atoms with Crippen LogP contribution in [-0.2, 0) is 11.3 Å². The van der Waals surface area contributed by atoms with Crippen molar-refractivity contribution in [2.75, 3.05) is 5.32 Å². The van der Waals surface area contributed by atoms with E-state index in [1.165, 1.54) is 11.8 Å². The zero-order chi connectivity index (χ0) is 21.8. The normalized spacial score (nSPS) is 12.0. The fraction of sp³-hybridized carbons (Fsp3) is 0.136. The van der Waals surface area contributed by atoms with Gasteiger partial charge in [0, 0.05) is 22.3 Å². The smallest absolute Gasteiger partial charge is 0.242 e. The average Bonchev–Trinajstić information content (AvgIpc) is 3.41. The number of carbonyl (C=O) groups is 1. The van der Waals surface area contributed by atoms with Crippen molar-refractivity contribution in [3.05, 3.63) is 81.7 Å². The zero-order valence-corrected chi connectivity index (χ0v) is 19.6. The summed E-state index contributed by atoms with van der Waals surface area (Å²) in [6.07, 6.45) is 0. The molecular formula is C22H18Cl2N4OS2. The van der Waals surface area contributed by atoms with Crippen LogP contribution in [0.15, 0.2) is 71.2 Å². The molecule has 0 aliphatic heterocycles. The minimum Gasteiger partial charge on any atom is -0.325 e. The maximum Gasteiger partial charge on any atom is 0.242 e. The minimum atomic E-state index is -0.537. The first-order valence-electron chi connectivity index (χ1n) is 9.50. The Hall–Kier alpha value is -2.32. The number of thiophene rings is 1. The number of carbonyl (C=O) groups excluding carboxylic acids is 1. The maximum atomic E-state index is 13.3. The lowest BCUT2D eigenvalue weighted by molar-refractivity contribution is -0.115. The summed E-state index contributed by atoms with van der Waals surface area (Å²) in [5.74, 6) is 0.603. The van der Waals surface area contributed by atoms with Crippen LogP contribution in [0.25, 0.3) is 10.7 Å². The Kier molecular flexibility index (Phi) is 6.97. The Balaban J connectivity index is 1.66. The molecule has 2 aromatic heterocycles. The number of thioether (sulfide) groups is 1. The summed E-state index contributed by atoms with van der Waals surface area (Å²) in [6.45, 7) is 2.73. The summed E-state index contributed by atoms with van der Waals surface area (Å²) < 4.78 is 2.02. The van der Waals surface area contributed by atoms with E-state index in [4.69, 9.17) is 23.2 Å². The van der Waals surface area contributed by atoms with Crippen LogP contribution in [-0.4, -0.2) is 20.7 Å². The molecule has 31 heavy (non-hydrogen) atoms. The molecule has 0 unspecified atom stereocenters. The third kappa shape index (κ3) is 5.13. The second-order valence-electron chi connectivity index (χ2n) is 6.58. The summed E-state index contributed by atoms with van der Waals surface area (Å²) in [7, 11) is 0. The number of amides is 1. The van der Waals surface area contributed by atoms with E-state index < -0.39 is 5.25 Å². The van der Waals surface area contributed by atoms with Gasteiger partial charge in [-0.25, -0.2) is 0 Å². The van der Waals surface area contributed by atoms with Crippen molar-refractivity contribution in [3.63, 3.8) is 0 Å². The predicted octanol–water partition coefficient (Wildman–Crippen LogP) is 6.81. The van der Waals surface area contributed by atoms with Gasteiger partial charge in [0.25, 0.3) is 0 Å². The Morgan fingerprint density at radius 3 is 2.48 bits per heavy atom. The van der Waals surface area contributed by atoms with Gasteiger partial charge in [-0.05, 0) is 42.1 Å². The molecule has 4 aromatic rings. The summed E-state index contributed by atoms with van der Waals surface area (Å²) in [5, 5.41) is 14.8. The summed E-state index contributed by atoms with van der Waals surface area (Å²) in [5.41, 5.74) is 1.40. The van der Waals surface area contributed by atoms with Crippen LogP contribution >= 0.6 is 46.3 Å². The third-order valence-corrected chi connectivity index (χ3v) is 7.01. The van der Waals surface area contributed by atoms with E-state index in [1.807, 2.05) is 59.3 Å². The zero-order valence-electron chi connectivity index (χ0n) is 16.5. The van der Waals surface area contributed by atoms with Crippen molar-refractivity contribution in [2.45, 2.75) is 23.9 Å². The van der Waals surface area contributed by atoms with Gasteiger partial charge >= 0.3 is 0 Å². The van der Waals surface area contributed by atoms with E-state index in [9.17, 15) is 4.79 Å². The summed E-state index contributed by atoms with van der Waals surface area (Å²) in [4.78, 5) is 14.3. The lowest BCUT2D eigenvalue weighted by Gasteiger charge is -2.17. The maximum absolute atomic E-state index is 13.3. The highest BCUT2D eigenvalue weighted by Gasteiger charge is 2.26. The molecule has 1 N–H and O–H groups in total. The molecule has 1 amide bonds. The quantitative estimate of drug-likeness (QED) is 0.290. The largest absolute Gasteiger partial charge is 0.325 e. The standard InChI is InChI=1S/C22H18Cl2N4OS2/c1-2-28-20(18-9-6-10-30-18)26-27-22(28)31-19(14-7-4-3-5-8-14)21(29)25-17-12-15(23)11-16(24)13-17/h3-13,19H,2H2,1H3,(H,25,29)/t19-/m0/s1. The lowest BCUT2D eigenvalue weighted by Crippen LogP contribution is -2.19. The monoisotopic (exact) mass is 488 g/mol. The molecule has 0 aliphatic rings. The SMILES string of the molecule is CCn1c(S[C@H](C(=O)Nc2cc(Cl)cc(Cl)c2)c2ccccc2)nnc1-c1cccs1. The Labute approximate surface area is 198 Å². The van der Waals surface area contributed by atoms with Crippen LogP contribution in [0.5, 0.6) is 0 Å². The molecular weight excluding hydrogens is 471 g/mol. The van der Waals surface area contributed by atoms with E-state index in [0.717, 1.165) is 16.3 Å². The highest BCUT2D eigenvalue weighted by molar-refractivity contribution is 8.00. The van der Waals surface area contributed by atoms with Gasteiger partial charge in [-0.15, -0.1) is 21.5 Å². The Bertz CT molecular complexity index is 1160. The van der Waals surface area contributed by atoms with Crippen molar-refractivity contribution in [1.29, 1.82) is 0 Å². The molecule has 0 fully saturated rings. The molecule has 9 heteroatoms. The van der Waals surface area contributed by atoms with Gasteiger partial charge in [-0.2, -0.15) is 0 Å². The molecule has 2 heterocycles. The number of nitrogens with zero attached hydrogens (tertiary/aromatic N) is 3. The van der Waals surface area contributed by atoms with Crippen molar-refractivity contribution in [2.24, 2.45) is 0 Å². The van der Waals surface area contributed by atoms with E-state index in [2.05, 4.69) is 15.5 Å². The molecule has 0 spiro atoms. The fourth-order valence-electron chi connectivity index (χ4n) is 3.09. The number of nitrogens with one attached hydrogen (secondary N) is 1. The number of rotatable bonds is 7. The first-order chi connectivity index (χ1) is 15.0. The number of anilines is 1. The number of aromatic nitrogens is 3. The van der Waals surface area contributed by atoms with Crippen LogP contribution in [0.3, 0.4) is 0 Å². The van der Waals surface area contributed by atoms with Crippen molar-refractivity contribution in [1.82, 2.24) is 14.8 Å². The fourth-order valence-corrected chi connectivity index (χ4v) is 5.43. The third-order valence-electron chi connectivity index (χ3n) is 4.47. The average molecular weight is 489 g/mol. The van der Waals surface area contributed by atoms with Crippen LogP contribution in [0.1, 0.15) is 17.7 Å². The molecule has 0 aliphatic carbocycles. The molecule has 0 radical (unpaired) electrons. The van der Waals surface area contributed by atoms with Gasteiger partial charge in [0.15, 0.2) is 11.0 Å². The van der Waals surface area contributed by atoms with E-state index >= 15 is 0 Å². The summed E-state index contributed by atoms with van der Waals surface area (Å²) >= 11 is 15.1. The molecule has 158 valence electrons. The van der Waals surface area contributed by atoms with Crippen molar-refractivity contribution >= 4 is 57.9 Å². The van der Waals surface area contributed by atoms with E-state index in [-0.39, 0.29) is 5.91 Å². The van der Waals surface area contributed by atoms with Crippen LogP contribution in [0.2, 0.25) is 10.0 Å². The number of hydrogen-bond donors (Lipinski definition) is 1. The number of hydrogen-bond acceptors (Lipinski definition) is 5. The Morgan fingerprint density at radius 1 is 1.10 bits per heavy atom. The summed E-state index contributed by atoms with van der Waals surface area (Å²) in [6, 6.07) is 18.5. The first kappa shape index (κ1) is 21.9. The molecule has 0 saturated heterocycles. The van der Waals surface area contributed by atoms with Crippen LogP contribution < -0.4 is 5.32 Å². The molecule has 0 bridgehead atoms. The highest BCUT2D eigenvalue weighted by atomic mass is 35.5. The van der Waals surface area contributed by atoms with Crippen LogP contribution in [0, 0.1) is 0 Å². The van der Waals surface area contributed by atoms with Gasteiger partial charge in [-0.1, -0.05) is 71.4 Å². The molecule has 2 aromatic carbocycles. The first-order valence-corrected chi connectivity index (χ1v) is 12.0. The van der Waals surface area contributed by atoms with Crippen molar-refractivity contribution in [3.8, 4) is 10.7 Å². The van der Waals surface area contributed by atoms with Gasteiger partial charge in [0.2, 0.25) is 5.91 Å². The molecule has 4 rings (SSSR count). The lowest BCUT2D eigenvalue weighted by atomic mass is 10.1. The number of benzene rings is 2. The minimum absolute atomic E-state index is 0.196. The topological polar surface area (TPSA) is 59.8 Å². The van der Waals surface area contributed by atoms with Gasteiger partial charge in [-0.3, -0.25) is 4.79 Å². The highest BCUT2D eigenvalue weighted by Crippen LogP contribution is 2.37. The molecule has 0 saturated carbocycles. The predicted molar refractivity (Wildman–Crippen MR) is 129 cm³/mol. The van der Waals surface area contributed by atoms with Gasteiger partial charge in [0.1, 0.15) is 5.25 Å². The molecule has 1 atom stereocenters. The van der Waals surface area contributed by atoms with Crippen LogP contribution in [0.4, 0.5) is 5.69 Å².